The fourth-order valence-corrected chi connectivity index (χ4v) is 2.90. The lowest BCUT2D eigenvalue weighted by Gasteiger charge is -2.18. The average Bonchev–Trinajstić information content (AvgIpc) is 2.74. The Labute approximate surface area is 207 Å². The molecule has 0 aliphatic heterocycles. The molecule has 164 valence electrons. The summed E-state index contributed by atoms with van der Waals surface area (Å²) in [7, 11) is 0. The molecule has 0 amide bonds. The summed E-state index contributed by atoms with van der Waals surface area (Å²) < 4.78 is 21.7. The largest absolute Gasteiger partial charge is 1.00 e. The van der Waals surface area contributed by atoms with E-state index in [0.717, 1.165) is 0 Å². The Bertz CT molecular complexity index is 1290. The van der Waals surface area contributed by atoms with E-state index in [0.29, 0.717) is 5.76 Å². The molecular formula is C28H20AlO5+. The van der Waals surface area contributed by atoms with Gasteiger partial charge in [0, 0.05) is 53.7 Å². The third-order valence-corrected chi connectivity index (χ3v) is 4.63. The van der Waals surface area contributed by atoms with Crippen molar-refractivity contribution in [1.82, 2.24) is 0 Å². The zero-order valence-electron chi connectivity index (χ0n) is 19.5. The highest BCUT2D eigenvalue weighted by Crippen LogP contribution is 2.07. The summed E-state index contributed by atoms with van der Waals surface area (Å²) in [5.74, 6) is 38.7. The highest BCUT2D eigenvalue weighted by atomic mass is 27.3. The van der Waals surface area contributed by atoms with Gasteiger partial charge in [-0.2, -0.15) is 0 Å². The first-order valence-electron chi connectivity index (χ1n) is 9.69. The lowest BCUT2D eigenvalue weighted by Crippen LogP contribution is -2.32. The standard InChI is InChI=1S/C22H6O3.2C3H7O.Al/c1-3-4-5-6-7-8-9-10-11-12-13-14-15-16-17-18-19-25-22(24)20-21(2)23;2*1-3(2)4;/h1,20,23H,2H3;2*3H,1-2H3;/q;2*-1;+3/b21-20-;;;. The Morgan fingerprint density at radius 1 is 0.706 bits per heavy atom. The summed E-state index contributed by atoms with van der Waals surface area (Å²) in [4.78, 5) is 9.75. The van der Waals surface area contributed by atoms with Gasteiger partial charge < -0.3 is 16.2 Å². The van der Waals surface area contributed by atoms with Crippen LogP contribution in [-0.2, 0) is 16.1 Å². The summed E-state index contributed by atoms with van der Waals surface area (Å²) >= 11 is -2.40. The minimum atomic E-state index is -2.40. The summed E-state index contributed by atoms with van der Waals surface area (Å²) in [6.45, 7) is 9.18. The molecule has 0 rings (SSSR count). The second-order valence-electron chi connectivity index (χ2n) is 6.09. The quantitative estimate of drug-likeness (QED) is 0.145. The molecule has 0 heterocycles. The molecule has 0 bridgehead atoms. The minimum absolute atomic E-state index is 0.0470. The van der Waals surface area contributed by atoms with Crippen LogP contribution in [0.25, 0.3) is 0 Å². The highest BCUT2D eigenvalue weighted by molar-refractivity contribution is 6.37. The first kappa shape index (κ1) is 29.5. The molecule has 34 heavy (non-hydrogen) atoms. The van der Waals surface area contributed by atoms with Crippen molar-refractivity contribution in [3.8, 4) is 107 Å². The molecule has 0 aromatic rings. The van der Waals surface area contributed by atoms with Gasteiger partial charge in [0.25, 0.3) is 6.11 Å². The van der Waals surface area contributed by atoms with E-state index in [1.54, 1.807) is 6.92 Å². The van der Waals surface area contributed by atoms with E-state index in [2.05, 4.69) is 101 Å². The van der Waals surface area contributed by atoms with Gasteiger partial charge >= 0.3 is 21.1 Å². The predicted molar refractivity (Wildman–Crippen MR) is 132 cm³/mol. The number of carbonyl (C=O) groups excluding carboxylic acids is 1. The van der Waals surface area contributed by atoms with Gasteiger partial charge in [-0.25, -0.2) is 4.74 Å². The lowest BCUT2D eigenvalue weighted by molar-refractivity contribution is 0.0680. The summed E-state index contributed by atoms with van der Waals surface area (Å²) in [5.41, 5.74) is 0. The van der Waals surface area contributed by atoms with E-state index in [1.807, 2.05) is 27.7 Å². The second kappa shape index (κ2) is 20.4. The molecule has 5 nitrogen and oxygen atoms in total. The van der Waals surface area contributed by atoms with Crippen LogP contribution in [0.3, 0.4) is 0 Å². The van der Waals surface area contributed by atoms with E-state index < -0.39 is 21.1 Å². The van der Waals surface area contributed by atoms with Crippen molar-refractivity contribution in [3.63, 3.8) is 0 Å². The SMILES string of the molecule is C#CC#CC#CC#CC#CC#CC#CC#CC#COC(=[OH+])/C=C(/C)[O][Al]([O]C(C)C)[O]C(C)C. The molecule has 0 saturated carbocycles. The zero-order chi connectivity index (χ0) is 25.4. The van der Waals surface area contributed by atoms with Gasteiger partial charge in [-0.3, -0.25) is 0 Å². The Balaban J connectivity index is 4.60. The fraction of sp³-hybridized carbons (Fsp3) is 0.250. The van der Waals surface area contributed by atoms with Crippen LogP contribution in [0.5, 0.6) is 0 Å². The smallest absolute Gasteiger partial charge is 0.602 e. The maximum Gasteiger partial charge on any atom is 1.00 e. The normalized spacial score (nSPS) is 7.88. The molecule has 1 N–H and O–H groups in total. The number of allylic oxidation sites excluding steroid dienone is 1. The number of terminal acetylenes is 1. The van der Waals surface area contributed by atoms with Crippen molar-refractivity contribution in [2.45, 2.75) is 46.8 Å². The third kappa shape index (κ3) is 20.8. The Hall–Kier alpha value is -4.50. The van der Waals surface area contributed by atoms with Crippen LogP contribution in [0.4, 0.5) is 0 Å². The average molecular weight is 463 g/mol. The molecule has 0 unspecified atom stereocenters. The Kier molecular flexibility index (Phi) is 17.7. The van der Waals surface area contributed by atoms with Gasteiger partial charge in [-0.1, -0.05) is 0 Å². The molecular weight excluding hydrogens is 443 g/mol. The molecule has 0 aliphatic rings. The highest BCUT2D eigenvalue weighted by Gasteiger charge is 2.37. The number of rotatable bonds is 7. The van der Waals surface area contributed by atoms with E-state index in [-0.39, 0.29) is 12.2 Å². The first-order valence-corrected chi connectivity index (χ1v) is 11.1. The zero-order valence-corrected chi connectivity index (χ0v) is 20.6. The van der Waals surface area contributed by atoms with Gasteiger partial charge in [0.1, 0.15) is 6.08 Å². The van der Waals surface area contributed by atoms with Crippen molar-refractivity contribution >= 4 is 21.1 Å². The molecule has 0 aromatic carbocycles. The molecule has 0 fully saturated rings. The van der Waals surface area contributed by atoms with Crippen molar-refractivity contribution < 1.29 is 20.9 Å². The van der Waals surface area contributed by atoms with Crippen molar-refractivity contribution in [3.05, 3.63) is 11.8 Å². The second-order valence-corrected chi connectivity index (χ2v) is 7.45. The van der Waals surface area contributed by atoms with E-state index in [1.165, 1.54) is 6.08 Å². The van der Waals surface area contributed by atoms with Crippen LogP contribution in [0, 0.1) is 107 Å². The van der Waals surface area contributed by atoms with Crippen LogP contribution in [0.15, 0.2) is 11.8 Å². The van der Waals surface area contributed by atoms with Gasteiger partial charge in [-0.05, 0) is 82.0 Å². The fourth-order valence-electron chi connectivity index (χ4n) is 1.47. The molecule has 0 radical (unpaired) electrons. The molecule has 0 aromatic heterocycles. The maximum absolute atomic E-state index is 9.75. The van der Waals surface area contributed by atoms with Gasteiger partial charge in [-0.15, -0.1) is 6.42 Å². The third-order valence-electron chi connectivity index (χ3n) is 2.53. The van der Waals surface area contributed by atoms with E-state index in [9.17, 15) is 4.79 Å². The van der Waals surface area contributed by atoms with Crippen LogP contribution in [0.1, 0.15) is 34.6 Å². The van der Waals surface area contributed by atoms with Crippen LogP contribution in [0.2, 0.25) is 0 Å². The topological polar surface area (TPSA) is 58.3 Å². The predicted octanol–water partition coefficient (Wildman–Crippen LogP) is 1.88. The minimum Gasteiger partial charge on any atom is -0.602 e. The summed E-state index contributed by atoms with van der Waals surface area (Å²) in [6, 6.07) is 0. The molecule has 0 aliphatic carbocycles. The number of hydrogen-bond donors (Lipinski definition) is 0. The number of ether oxygens (including phenoxy) is 1. The molecule has 0 saturated heterocycles. The van der Waals surface area contributed by atoms with E-state index >= 15 is 0 Å². The lowest BCUT2D eigenvalue weighted by atomic mass is 10.5. The number of esters is 1. The van der Waals surface area contributed by atoms with Gasteiger partial charge in [0.2, 0.25) is 0 Å². The molecule has 6 heteroatoms. The summed E-state index contributed by atoms with van der Waals surface area (Å²) in [5, 5.41) is 0. The first-order chi connectivity index (χ1) is 16.3. The summed E-state index contributed by atoms with van der Waals surface area (Å²) in [6.07, 6.45) is 8.32. The van der Waals surface area contributed by atoms with Gasteiger partial charge in [0.05, 0.1) is 11.7 Å². The molecule has 0 atom stereocenters. The van der Waals surface area contributed by atoms with Crippen LogP contribution in [-0.4, -0.2) is 38.1 Å². The molecule has 0 spiro atoms. The van der Waals surface area contributed by atoms with Crippen LogP contribution < -0.4 is 0 Å². The van der Waals surface area contributed by atoms with Crippen molar-refractivity contribution in [2.75, 3.05) is 0 Å². The van der Waals surface area contributed by atoms with Gasteiger partial charge in [0.15, 0.2) is 0 Å². The Morgan fingerprint density at radius 3 is 1.47 bits per heavy atom. The van der Waals surface area contributed by atoms with E-state index in [4.69, 9.17) is 22.5 Å². The van der Waals surface area contributed by atoms with Crippen molar-refractivity contribution in [1.29, 1.82) is 0 Å². The van der Waals surface area contributed by atoms with Crippen LogP contribution >= 0.6 is 0 Å². The van der Waals surface area contributed by atoms with Crippen molar-refractivity contribution in [2.24, 2.45) is 0 Å². The maximum atomic E-state index is 9.75. The Morgan fingerprint density at radius 2 is 1.09 bits per heavy atom. The number of hydrogen-bond acceptors (Lipinski definition) is 4. The monoisotopic (exact) mass is 463 g/mol.